The minimum atomic E-state index is -0.223. The molecule has 0 radical (unpaired) electrons. The Labute approximate surface area is 163 Å². The van der Waals surface area contributed by atoms with Crippen LogP contribution in [0.2, 0.25) is 0 Å². The predicted octanol–water partition coefficient (Wildman–Crippen LogP) is 3.24. The minimum absolute atomic E-state index is 0.0540. The summed E-state index contributed by atoms with van der Waals surface area (Å²) in [5, 5.41) is 0.518. The highest BCUT2D eigenvalue weighted by molar-refractivity contribution is 5.98. The van der Waals surface area contributed by atoms with Crippen molar-refractivity contribution in [3.05, 3.63) is 75.8 Å². The number of Topliss-reactive ketones (excluding diaryl/α,β-unsaturated/α-hetero) is 1. The average Bonchev–Trinajstić information content (AvgIpc) is 2.70. The molecule has 0 aliphatic heterocycles. The summed E-state index contributed by atoms with van der Waals surface area (Å²) in [6.07, 6.45) is 0.276. The number of hydrogen-bond acceptors (Lipinski definition) is 4. The number of carbonyl (C=O) groups is 2. The van der Waals surface area contributed by atoms with Crippen molar-refractivity contribution >= 4 is 22.6 Å². The lowest BCUT2D eigenvalue weighted by Gasteiger charge is -2.20. The number of hydrogen-bond donors (Lipinski definition) is 1. The third-order valence-electron chi connectivity index (χ3n) is 4.68. The monoisotopic (exact) mass is 377 g/mol. The van der Waals surface area contributed by atoms with Gasteiger partial charge in [-0.05, 0) is 26.0 Å². The van der Waals surface area contributed by atoms with Crippen molar-refractivity contribution in [2.45, 2.75) is 33.2 Å². The number of benzene rings is 2. The molecule has 0 fully saturated rings. The van der Waals surface area contributed by atoms with Crippen molar-refractivity contribution < 1.29 is 9.59 Å². The molecule has 28 heavy (non-hydrogen) atoms. The van der Waals surface area contributed by atoms with E-state index in [2.05, 4.69) is 9.97 Å². The molecule has 6 heteroatoms. The third kappa shape index (κ3) is 4.52. The summed E-state index contributed by atoms with van der Waals surface area (Å²) < 4.78 is 0. The molecule has 0 bridgehead atoms. The molecule has 2 aromatic carbocycles. The number of amides is 1. The van der Waals surface area contributed by atoms with E-state index in [9.17, 15) is 14.4 Å². The van der Waals surface area contributed by atoms with Gasteiger partial charge in [-0.3, -0.25) is 14.4 Å². The Morgan fingerprint density at radius 2 is 1.75 bits per heavy atom. The maximum Gasteiger partial charge on any atom is 0.258 e. The molecule has 0 unspecified atom stereocenters. The Bertz CT molecular complexity index is 1050. The smallest absolute Gasteiger partial charge is 0.258 e. The summed E-state index contributed by atoms with van der Waals surface area (Å²) in [4.78, 5) is 45.8. The zero-order chi connectivity index (χ0) is 20.1. The van der Waals surface area contributed by atoms with E-state index in [1.54, 1.807) is 35.2 Å². The molecule has 0 atom stereocenters. The highest BCUT2D eigenvalue weighted by Crippen LogP contribution is 2.11. The number of ketones is 1. The molecule has 1 heterocycles. The van der Waals surface area contributed by atoms with E-state index < -0.39 is 0 Å². The fraction of sp³-hybridized carbons (Fsp3) is 0.273. The SMILES string of the molecule is CCN(Cc1nc2ccccc2c(=O)[nH]1)C(=O)CCC(=O)c1ccc(C)cc1. The van der Waals surface area contributed by atoms with Crippen LogP contribution in [0.15, 0.2) is 53.3 Å². The number of H-pyrrole nitrogens is 1. The van der Waals surface area contributed by atoms with Crippen LogP contribution in [0, 0.1) is 6.92 Å². The summed E-state index contributed by atoms with van der Waals surface area (Å²) in [5.74, 6) is 0.240. The van der Waals surface area contributed by atoms with E-state index in [1.165, 1.54) is 0 Å². The van der Waals surface area contributed by atoms with Crippen LogP contribution < -0.4 is 5.56 Å². The molecule has 0 saturated carbocycles. The molecule has 3 aromatic rings. The summed E-state index contributed by atoms with van der Waals surface area (Å²) in [6, 6.07) is 14.4. The number of nitrogens with zero attached hydrogens (tertiary/aromatic N) is 2. The Morgan fingerprint density at radius 1 is 1.04 bits per heavy atom. The third-order valence-corrected chi connectivity index (χ3v) is 4.68. The van der Waals surface area contributed by atoms with Gasteiger partial charge in [0.25, 0.3) is 5.56 Å². The summed E-state index contributed by atoms with van der Waals surface area (Å²) in [6.45, 7) is 4.49. The van der Waals surface area contributed by atoms with Crippen LogP contribution in [0.1, 0.15) is 41.5 Å². The number of aromatic nitrogens is 2. The number of fused-ring (bicyclic) bond motifs is 1. The second-order valence-electron chi connectivity index (χ2n) is 6.73. The highest BCUT2D eigenvalue weighted by atomic mass is 16.2. The fourth-order valence-electron chi connectivity index (χ4n) is 3.03. The van der Waals surface area contributed by atoms with Gasteiger partial charge in [0, 0.05) is 24.9 Å². The van der Waals surface area contributed by atoms with E-state index in [-0.39, 0.29) is 36.6 Å². The number of carbonyl (C=O) groups excluding carboxylic acids is 2. The van der Waals surface area contributed by atoms with Gasteiger partial charge in [-0.1, -0.05) is 42.0 Å². The molecular weight excluding hydrogens is 354 g/mol. The van der Waals surface area contributed by atoms with Gasteiger partial charge in [0.15, 0.2) is 5.78 Å². The second-order valence-corrected chi connectivity index (χ2v) is 6.73. The van der Waals surface area contributed by atoms with Crippen LogP contribution in [-0.2, 0) is 11.3 Å². The lowest BCUT2D eigenvalue weighted by molar-refractivity contribution is -0.131. The van der Waals surface area contributed by atoms with Gasteiger partial charge in [-0.15, -0.1) is 0 Å². The molecule has 0 aliphatic carbocycles. The normalized spacial score (nSPS) is 10.8. The first-order chi connectivity index (χ1) is 13.5. The minimum Gasteiger partial charge on any atom is -0.335 e. The van der Waals surface area contributed by atoms with Gasteiger partial charge in [-0.2, -0.15) is 0 Å². The Balaban J connectivity index is 1.66. The van der Waals surface area contributed by atoms with Crippen molar-refractivity contribution in [1.29, 1.82) is 0 Å². The largest absolute Gasteiger partial charge is 0.335 e. The van der Waals surface area contributed by atoms with E-state index in [0.717, 1.165) is 5.56 Å². The molecule has 1 N–H and O–H groups in total. The van der Waals surface area contributed by atoms with Gasteiger partial charge < -0.3 is 9.88 Å². The van der Waals surface area contributed by atoms with Crippen molar-refractivity contribution in [2.75, 3.05) is 6.54 Å². The van der Waals surface area contributed by atoms with Crippen molar-refractivity contribution in [2.24, 2.45) is 0 Å². The highest BCUT2D eigenvalue weighted by Gasteiger charge is 2.16. The zero-order valence-corrected chi connectivity index (χ0v) is 16.1. The van der Waals surface area contributed by atoms with E-state index in [0.29, 0.717) is 28.8 Å². The summed E-state index contributed by atoms with van der Waals surface area (Å²) in [5.41, 5.74) is 2.07. The first-order valence-electron chi connectivity index (χ1n) is 9.33. The molecular formula is C22H23N3O3. The van der Waals surface area contributed by atoms with Crippen LogP contribution in [0.4, 0.5) is 0 Å². The maximum absolute atomic E-state index is 12.6. The number of para-hydroxylation sites is 1. The van der Waals surface area contributed by atoms with E-state index in [1.807, 2.05) is 32.0 Å². The number of aryl methyl sites for hydroxylation is 1. The fourth-order valence-corrected chi connectivity index (χ4v) is 3.03. The Morgan fingerprint density at radius 3 is 2.46 bits per heavy atom. The van der Waals surface area contributed by atoms with Crippen molar-refractivity contribution in [1.82, 2.24) is 14.9 Å². The maximum atomic E-state index is 12.6. The first kappa shape index (κ1) is 19.5. The first-order valence-corrected chi connectivity index (χ1v) is 9.33. The van der Waals surface area contributed by atoms with E-state index in [4.69, 9.17) is 0 Å². The van der Waals surface area contributed by atoms with Crippen LogP contribution >= 0.6 is 0 Å². The van der Waals surface area contributed by atoms with Gasteiger partial charge in [-0.25, -0.2) is 4.98 Å². The van der Waals surface area contributed by atoms with Gasteiger partial charge in [0.1, 0.15) is 5.82 Å². The van der Waals surface area contributed by atoms with Gasteiger partial charge in [0.05, 0.1) is 17.4 Å². The van der Waals surface area contributed by atoms with Crippen LogP contribution in [0.3, 0.4) is 0 Å². The summed E-state index contributed by atoms with van der Waals surface area (Å²) in [7, 11) is 0. The Kier molecular flexibility index (Phi) is 5.99. The molecule has 1 aromatic heterocycles. The predicted molar refractivity (Wildman–Crippen MR) is 108 cm³/mol. The average molecular weight is 377 g/mol. The summed E-state index contributed by atoms with van der Waals surface area (Å²) >= 11 is 0. The Hall–Kier alpha value is -3.28. The van der Waals surface area contributed by atoms with Crippen LogP contribution in [0.25, 0.3) is 10.9 Å². The van der Waals surface area contributed by atoms with Crippen LogP contribution in [-0.4, -0.2) is 33.1 Å². The molecule has 0 aliphatic rings. The zero-order valence-electron chi connectivity index (χ0n) is 16.1. The van der Waals surface area contributed by atoms with Gasteiger partial charge in [0.2, 0.25) is 5.91 Å². The second kappa shape index (κ2) is 8.61. The standard InChI is InChI=1S/C22H23N3O3/c1-3-25(14-20-23-18-7-5-4-6-17(18)22(28)24-20)21(27)13-12-19(26)16-10-8-15(2)9-11-16/h4-11H,3,12-14H2,1-2H3,(H,23,24,28). The number of rotatable bonds is 7. The lowest BCUT2D eigenvalue weighted by atomic mass is 10.0. The molecule has 3 rings (SSSR count). The molecule has 1 amide bonds. The molecule has 144 valence electrons. The number of nitrogens with one attached hydrogen (secondary N) is 1. The quantitative estimate of drug-likeness (QED) is 0.641. The van der Waals surface area contributed by atoms with Crippen molar-refractivity contribution in [3.8, 4) is 0 Å². The molecule has 6 nitrogen and oxygen atoms in total. The van der Waals surface area contributed by atoms with Gasteiger partial charge >= 0.3 is 0 Å². The van der Waals surface area contributed by atoms with Crippen LogP contribution in [0.5, 0.6) is 0 Å². The number of aromatic amines is 1. The van der Waals surface area contributed by atoms with Crippen molar-refractivity contribution in [3.63, 3.8) is 0 Å². The molecule has 0 saturated heterocycles. The lowest BCUT2D eigenvalue weighted by Crippen LogP contribution is -2.32. The molecule has 0 spiro atoms. The van der Waals surface area contributed by atoms with E-state index >= 15 is 0 Å². The topological polar surface area (TPSA) is 83.1 Å².